The molecule has 0 fully saturated rings. The lowest BCUT2D eigenvalue weighted by molar-refractivity contribution is 0.371. The van der Waals surface area contributed by atoms with Crippen LogP contribution in [-0.2, 0) is 6.54 Å². The van der Waals surface area contributed by atoms with Gasteiger partial charge in [0, 0.05) is 32.4 Å². The number of guanidine groups is 1. The number of aromatic nitrogens is 2. The van der Waals surface area contributed by atoms with E-state index >= 15 is 0 Å². The van der Waals surface area contributed by atoms with Gasteiger partial charge in [0.05, 0.1) is 6.54 Å². The van der Waals surface area contributed by atoms with E-state index in [1.165, 1.54) is 5.69 Å². The van der Waals surface area contributed by atoms with E-state index < -0.39 is 0 Å². The number of nitrogens with zero attached hydrogens (tertiary/aromatic N) is 4. The van der Waals surface area contributed by atoms with Crippen molar-refractivity contribution in [2.24, 2.45) is 4.99 Å². The van der Waals surface area contributed by atoms with Gasteiger partial charge in [-0.1, -0.05) is 23.4 Å². The monoisotopic (exact) mass is 458 g/mol. The fraction of sp³-hybridized carbons (Fsp3) is 0.471. The second-order valence-corrected chi connectivity index (χ2v) is 5.36. The number of anilines is 1. The molecule has 8 heteroatoms. The maximum atomic E-state index is 5.07. The number of rotatable bonds is 8. The summed E-state index contributed by atoms with van der Waals surface area (Å²) in [5, 5.41) is 10.2. The standard InChI is InChI=1S/C17H26N6O.HI/c1-4-23(15-9-6-5-7-10-15)12-8-11-19-17(18-3)20-13-16-21-14(2)22-24-16;/h5-7,9-10H,4,8,11-13H2,1-3H3,(H2,18,19,20);1H. The summed E-state index contributed by atoms with van der Waals surface area (Å²) in [6, 6.07) is 10.5. The minimum absolute atomic E-state index is 0. The van der Waals surface area contributed by atoms with Gasteiger partial charge in [-0.15, -0.1) is 24.0 Å². The zero-order valence-corrected chi connectivity index (χ0v) is 17.4. The highest BCUT2D eigenvalue weighted by molar-refractivity contribution is 14.0. The molecule has 7 nitrogen and oxygen atoms in total. The lowest BCUT2D eigenvalue weighted by atomic mass is 10.2. The molecule has 2 rings (SSSR count). The highest BCUT2D eigenvalue weighted by atomic mass is 127. The Labute approximate surface area is 166 Å². The van der Waals surface area contributed by atoms with Gasteiger partial charge in [-0.2, -0.15) is 4.98 Å². The number of aryl methyl sites for hydroxylation is 1. The summed E-state index contributed by atoms with van der Waals surface area (Å²) in [6.45, 7) is 7.26. The first-order valence-electron chi connectivity index (χ1n) is 8.26. The van der Waals surface area contributed by atoms with Crippen molar-refractivity contribution in [2.75, 3.05) is 31.6 Å². The van der Waals surface area contributed by atoms with Gasteiger partial charge in [0.15, 0.2) is 11.8 Å². The van der Waals surface area contributed by atoms with Crippen molar-refractivity contribution in [3.8, 4) is 0 Å². The molecule has 138 valence electrons. The summed E-state index contributed by atoms with van der Waals surface area (Å²) in [5.41, 5.74) is 1.26. The van der Waals surface area contributed by atoms with E-state index in [9.17, 15) is 0 Å². The van der Waals surface area contributed by atoms with Crippen molar-refractivity contribution in [2.45, 2.75) is 26.8 Å². The van der Waals surface area contributed by atoms with Gasteiger partial charge in [-0.25, -0.2) is 0 Å². The fourth-order valence-electron chi connectivity index (χ4n) is 2.38. The quantitative estimate of drug-likeness (QED) is 0.274. The molecular formula is C17H27IN6O. The number of halogens is 1. The Morgan fingerprint density at radius 1 is 1.24 bits per heavy atom. The van der Waals surface area contributed by atoms with E-state index in [1.54, 1.807) is 14.0 Å². The van der Waals surface area contributed by atoms with Crippen LogP contribution in [0.4, 0.5) is 5.69 Å². The minimum atomic E-state index is 0. The van der Waals surface area contributed by atoms with Crippen LogP contribution in [0.1, 0.15) is 25.1 Å². The summed E-state index contributed by atoms with van der Waals surface area (Å²) in [6.07, 6.45) is 1.02. The molecule has 0 aliphatic heterocycles. The van der Waals surface area contributed by atoms with E-state index in [2.05, 4.69) is 61.9 Å². The maximum absolute atomic E-state index is 5.07. The second kappa shape index (κ2) is 11.7. The summed E-state index contributed by atoms with van der Waals surface area (Å²) >= 11 is 0. The normalized spacial score (nSPS) is 10.9. The van der Waals surface area contributed by atoms with Gasteiger partial charge in [0.1, 0.15) is 0 Å². The molecule has 0 radical (unpaired) electrons. The van der Waals surface area contributed by atoms with Gasteiger partial charge in [-0.05, 0) is 32.4 Å². The number of benzene rings is 1. The minimum Gasteiger partial charge on any atom is -0.372 e. The van der Waals surface area contributed by atoms with E-state index in [0.29, 0.717) is 18.3 Å². The van der Waals surface area contributed by atoms with Gasteiger partial charge >= 0.3 is 0 Å². The highest BCUT2D eigenvalue weighted by Crippen LogP contribution is 2.12. The van der Waals surface area contributed by atoms with Crippen molar-refractivity contribution in [3.63, 3.8) is 0 Å². The molecule has 0 aliphatic carbocycles. The Morgan fingerprint density at radius 3 is 2.60 bits per heavy atom. The Hall–Kier alpha value is -1.84. The number of para-hydroxylation sites is 1. The molecule has 0 spiro atoms. The maximum Gasteiger partial charge on any atom is 0.246 e. The molecule has 1 heterocycles. The van der Waals surface area contributed by atoms with Crippen LogP contribution in [0.25, 0.3) is 0 Å². The summed E-state index contributed by atoms with van der Waals surface area (Å²) < 4.78 is 5.07. The van der Waals surface area contributed by atoms with E-state index in [1.807, 2.05) is 6.07 Å². The fourth-order valence-corrected chi connectivity index (χ4v) is 2.38. The summed E-state index contributed by atoms with van der Waals surface area (Å²) in [4.78, 5) is 10.7. The first kappa shape index (κ1) is 21.2. The molecule has 25 heavy (non-hydrogen) atoms. The summed E-state index contributed by atoms with van der Waals surface area (Å²) in [5.74, 6) is 1.92. The largest absolute Gasteiger partial charge is 0.372 e. The lowest BCUT2D eigenvalue weighted by Crippen LogP contribution is -2.38. The Kier molecular flexibility index (Phi) is 9.90. The zero-order chi connectivity index (χ0) is 17.2. The molecule has 0 saturated heterocycles. The predicted octanol–water partition coefficient (Wildman–Crippen LogP) is 2.58. The second-order valence-electron chi connectivity index (χ2n) is 5.36. The van der Waals surface area contributed by atoms with Gasteiger partial charge in [0.2, 0.25) is 5.89 Å². The molecule has 0 unspecified atom stereocenters. The molecule has 0 bridgehead atoms. The third-order valence-electron chi connectivity index (χ3n) is 3.60. The molecule has 0 atom stereocenters. The van der Waals surface area contributed by atoms with E-state index in [-0.39, 0.29) is 24.0 Å². The van der Waals surface area contributed by atoms with Crippen LogP contribution in [0.3, 0.4) is 0 Å². The van der Waals surface area contributed by atoms with E-state index in [4.69, 9.17) is 4.52 Å². The Morgan fingerprint density at radius 2 is 2.00 bits per heavy atom. The van der Waals surface area contributed by atoms with Crippen LogP contribution in [0.15, 0.2) is 39.8 Å². The van der Waals surface area contributed by atoms with Crippen LogP contribution < -0.4 is 15.5 Å². The molecular weight excluding hydrogens is 431 g/mol. The third kappa shape index (κ3) is 7.29. The highest BCUT2D eigenvalue weighted by Gasteiger charge is 2.05. The first-order chi connectivity index (χ1) is 11.7. The van der Waals surface area contributed by atoms with Crippen molar-refractivity contribution in [1.29, 1.82) is 0 Å². The van der Waals surface area contributed by atoms with Crippen LogP contribution >= 0.6 is 24.0 Å². The van der Waals surface area contributed by atoms with Crippen molar-refractivity contribution >= 4 is 35.6 Å². The van der Waals surface area contributed by atoms with Crippen LogP contribution in [-0.4, -0.2) is 42.8 Å². The molecule has 2 N–H and O–H groups in total. The van der Waals surface area contributed by atoms with E-state index in [0.717, 1.165) is 32.0 Å². The molecule has 1 aromatic heterocycles. The Balaban J connectivity index is 0.00000312. The number of hydrogen-bond donors (Lipinski definition) is 2. The van der Waals surface area contributed by atoms with Crippen molar-refractivity contribution in [3.05, 3.63) is 42.0 Å². The number of hydrogen-bond acceptors (Lipinski definition) is 5. The van der Waals surface area contributed by atoms with Crippen LogP contribution in [0.2, 0.25) is 0 Å². The van der Waals surface area contributed by atoms with Gasteiger partial charge in [0.25, 0.3) is 0 Å². The predicted molar refractivity (Wildman–Crippen MR) is 112 cm³/mol. The van der Waals surface area contributed by atoms with Crippen molar-refractivity contribution < 1.29 is 4.52 Å². The molecule has 2 aromatic rings. The smallest absolute Gasteiger partial charge is 0.246 e. The van der Waals surface area contributed by atoms with Crippen LogP contribution in [0, 0.1) is 6.92 Å². The van der Waals surface area contributed by atoms with Gasteiger partial charge in [-0.3, -0.25) is 4.99 Å². The molecule has 0 aliphatic rings. The van der Waals surface area contributed by atoms with Gasteiger partial charge < -0.3 is 20.1 Å². The average Bonchev–Trinajstić information content (AvgIpc) is 3.03. The average molecular weight is 458 g/mol. The number of aliphatic imine (C=N–C) groups is 1. The lowest BCUT2D eigenvalue weighted by Gasteiger charge is -2.23. The molecule has 0 saturated carbocycles. The first-order valence-corrected chi connectivity index (χ1v) is 8.26. The molecule has 1 aromatic carbocycles. The SMILES string of the molecule is CCN(CCCNC(=NC)NCc1nc(C)no1)c1ccccc1.I. The summed E-state index contributed by atoms with van der Waals surface area (Å²) in [7, 11) is 1.75. The Bertz CT molecular complexity index is 631. The molecule has 0 amide bonds. The topological polar surface area (TPSA) is 78.6 Å². The zero-order valence-electron chi connectivity index (χ0n) is 15.0. The number of nitrogens with one attached hydrogen (secondary N) is 2. The third-order valence-corrected chi connectivity index (χ3v) is 3.60. The van der Waals surface area contributed by atoms with Crippen LogP contribution in [0.5, 0.6) is 0 Å². The van der Waals surface area contributed by atoms with Crippen molar-refractivity contribution in [1.82, 2.24) is 20.8 Å².